The molecule has 128 valence electrons. The first kappa shape index (κ1) is 18.8. The summed E-state index contributed by atoms with van der Waals surface area (Å²) in [5.41, 5.74) is 1.33. The Bertz CT molecular complexity index is 473. The number of thiocarbonyl (C=S) groups is 1. The van der Waals surface area contributed by atoms with Gasteiger partial charge in [-0.15, -0.1) is 0 Å². The number of nitrogens with zero attached hydrogens (tertiary/aromatic N) is 1. The Kier molecular flexibility index (Phi) is 8.51. The largest absolute Gasteiger partial charge is 0.363 e. The molecule has 0 aromatic heterocycles. The van der Waals surface area contributed by atoms with Crippen LogP contribution in [-0.4, -0.2) is 47.7 Å². The SMILES string of the molecule is CSCCCNC(=S)NC1CCN(Cc2ccc(Cl)cc2)CC1. The molecule has 1 fully saturated rings. The molecule has 3 nitrogen and oxygen atoms in total. The molecule has 0 spiro atoms. The number of rotatable bonds is 7. The van der Waals surface area contributed by atoms with Crippen LogP contribution in [0.1, 0.15) is 24.8 Å². The van der Waals surface area contributed by atoms with Crippen molar-refractivity contribution >= 4 is 40.7 Å². The molecule has 0 radical (unpaired) electrons. The first-order valence-corrected chi connectivity index (χ1v) is 10.4. The highest BCUT2D eigenvalue weighted by atomic mass is 35.5. The van der Waals surface area contributed by atoms with Gasteiger partial charge in [0.25, 0.3) is 0 Å². The van der Waals surface area contributed by atoms with E-state index in [1.54, 1.807) is 0 Å². The van der Waals surface area contributed by atoms with Gasteiger partial charge in [-0.05, 0) is 61.2 Å². The van der Waals surface area contributed by atoms with Crippen LogP contribution in [0.25, 0.3) is 0 Å². The highest BCUT2D eigenvalue weighted by molar-refractivity contribution is 7.98. The number of benzene rings is 1. The van der Waals surface area contributed by atoms with Gasteiger partial charge in [0.2, 0.25) is 0 Å². The van der Waals surface area contributed by atoms with Crippen LogP contribution in [0.15, 0.2) is 24.3 Å². The number of piperidine rings is 1. The highest BCUT2D eigenvalue weighted by Crippen LogP contribution is 2.15. The molecule has 1 aromatic rings. The van der Waals surface area contributed by atoms with Crippen molar-refractivity contribution < 1.29 is 0 Å². The van der Waals surface area contributed by atoms with E-state index >= 15 is 0 Å². The van der Waals surface area contributed by atoms with E-state index in [1.807, 2.05) is 23.9 Å². The van der Waals surface area contributed by atoms with E-state index in [9.17, 15) is 0 Å². The number of hydrogen-bond acceptors (Lipinski definition) is 3. The van der Waals surface area contributed by atoms with Gasteiger partial charge in [0, 0.05) is 37.2 Å². The average molecular weight is 372 g/mol. The van der Waals surface area contributed by atoms with Crippen LogP contribution in [0, 0.1) is 0 Å². The summed E-state index contributed by atoms with van der Waals surface area (Å²) in [6.07, 6.45) is 5.57. The standard InChI is InChI=1S/C17H26ClN3S2/c1-23-12-2-9-19-17(22)20-16-7-10-21(11-8-16)13-14-3-5-15(18)6-4-14/h3-6,16H,2,7-13H2,1H3,(H2,19,20,22). The smallest absolute Gasteiger partial charge is 0.166 e. The molecule has 23 heavy (non-hydrogen) atoms. The van der Waals surface area contributed by atoms with Crippen LogP contribution >= 0.6 is 35.6 Å². The number of likely N-dealkylation sites (tertiary alicyclic amines) is 1. The Morgan fingerprint density at radius 1 is 1.30 bits per heavy atom. The topological polar surface area (TPSA) is 27.3 Å². The average Bonchev–Trinajstić information content (AvgIpc) is 2.56. The van der Waals surface area contributed by atoms with Crippen LogP contribution in [0.5, 0.6) is 0 Å². The second-order valence-electron chi connectivity index (χ2n) is 5.92. The Morgan fingerprint density at radius 2 is 2.00 bits per heavy atom. The highest BCUT2D eigenvalue weighted by Gasteiger charge is 2.19. The van der Waals surface area contributed by atoms with Gasteiger partial charge >= 0.3 is 0 Å². The Morgan fingerprint density at radius 3 is 2.65 bits per heavy atom. The van der Waals surface area contributed by atoms with Crippen LogP contribution in [-0.2, 0) is 6.54 Å². The second-order valence-corrected chi connectivity index (χ2v) is 7.75. The Hall–Kier alpha value is -0.490. The number of thioether (sulfide) groups is 1. The van der Waals surface area contributed by atoms with E-state index < -0.39 is 0 Å². The van der Waals surface area contributed by atoms with Gasteiger partial charge < -0.3 is 10.6 Å². The van der Waals surface area contributed by atoms with Gasteiger partial charge in [0.05, 0.1) is 0 Å². The molecular weight excluding hydrogens is 346 g/mol. The van der Waals surface area contributed by atoms with Crippen molar-refractivity contribution in [3.63, 3.8) is 0 Å². The first-order chi connectivity index (χ1) is 11.2. The zero-order chi connectivity index (χ0) is 16.5. The van der Waals surface area contributed by atoms with Gasteiger partial charge in [-0.25, -0.2) is 0 Å². The van der Waals surface area contributed by atoms with E-state index in [0.29, 0.717) is 6.04 Å². The molecule has 1 aliphatic heterocycles. The Balaban J connectivity index is 1.63. The molecule has 6 heteroatoms. The lowest BCUT2D eigenvalue weighted by molar-refractivity contribution is 0.199. The molecule has 1 heterocycles. The summed E-state index contributed by atoms with van der Waals surface area (Å²) in [4.78, 5) is 2.50. The third kappa shape index (κ3) is 7.29. The predicted octanol–water partition coefficient (Wildman–Crippen LogP) is 3.52. The molecule has 1 aliphatic rings. The van der Waals surface area contributed by atoms with Crippen molar-refractivity contribution in [1.82, 2.24) is 15.5 Å². The van der Waals surface area contributed by atoms with Crippen LogP contribution in [0.4, 0.5) is 0 Å². The zero-order valence-corrected chi connectivity index (χ0v) is 16.1. The lowest BCUT2D eigenvalue weighted by atomic mass is 10.0. The summed E-state index contributed by atoms with van der Waals surface area (Å²) in [6, 6.07) is 8.65. The molecule has 0 aliphatic carbocycles. The van der Waals surface area contributed by atoms with Gasteiger partial charge in [0.15, 0.2) is 5.11 Å². The van der Waals surface area contributed by atoms with Crippen molar-refractivity contribution in [2.45, 2.75) is 31.8 Å². The van der Waals surface area contributed by atoms with E-state index in [1.165, 1.54) is 11.3 Å². The lowest BCUT2D eigenvalue weighted by Crippen LogP contribution is -2.47. The number of halogens is 1. The van der Waals surface area contributed by atoms with Gasteiger partial charge in [0.1, 0.15) is 0 Å². The molecular formula is C17H26ClN3S2. The molecule has 1 aromatic carbocycles. The van der Waals surface area contributed by atoms with Crippen molar-refractivity contribution in [3.8, 4) is 0 Å². The van der Waals surface area contributed by atoms with E-state index in [0.717, 1.165) is 55.6 Å². The minimum Gasteiger partial charge on any atom is -0.363 e. The van der Waals surface area contributed by atoms with Gasteiger partial charge in [-0.1, -0.05) is 23.7 Å². The summed E-state index contributed by atoms with van der Waals surface area (Å²) >= 11 is 13.2. The molecule has 1 saturated heterocycles. The summed E-state index contributed by atoms with van der Waals surface area (Å²) in [6.45, 7) is 4.17. The minimum absolute atomic E-state index is 0.497. The third-order valence-electron chi connectivity index (χ3n) is 4.05. The second kappa shape index (κ2) is 10.4. The summed E-state index contributed by atoms with van der Waals surface area (Å²) in [5.74, 6) is 1.18. The van der Waals surface area contributed by atoms with Crippen molar-refractivity contribution in [2.24, 2.45) is 0 Å². The van der Waals surface area contributed by atoms with E-state index in [-0.39, 0.29) is 0 Å². The van der Waals surface area contributed by atoms with E-state index in [4.69, 9.17) is 23.8 Å². The number of hydrogen-bond donors (Lipinski definition) is 2. The van der Waals surface area contributed by atoms with Crippen molar-refractivity contribution in [3.05, 3.63) is 34.9 Å². The van der Waals surface area contributed by atoms with Crippen LogP contribution in [0.2, 0.25) is 5.02 Å². The maximum Gasteiger partial charge on any atom is 0.166 e. The monoisotopic (exact) mass is 371 g/mol. The van der Waals surface area contributed by atoms with Gasteiger partial charge in [-0.2, -0.15) is 11.8 Å². The lowest BCUT2D eigenvalue weighted by Gasteiger charge is -2.33. The quantitative estimate of drug-likeness (QED) is 0.565. The fraction of sp³-hybridized carbons (Fsp3) is 0.588. The minimum atomic E-state index is 0.497. The predicted molar refractivity (Wildman–Crippen MR) is 106 cm³/mol. The molecule has 0 unspecified atom stereocenters. The van der Waals surface area contributed by atoms with Crippen molar-refractivity contribution in [1.29, 1.82) is 0 Å². The molecule has 0 saturated carbocycles. The van der Waals surface area contributed by atoms with Gasteiger partial charge in [-0.3, -0.25) is 4.90 Å². The zero-order valence-electron chi connectivity index (χ0n) is 13.7. The molecule has 0 bridgehead atoms. The fourth-order valence-electron chi connectivity index (χ4n) is 2.74. The summed E-state index contributed by atoms with van der Waals surface area (Å²) in [7, 11) is 0. The maximum absolute atomic E-state index is 5.93. The number of nitrogens with one attached hydrogen (secondary N) is 2. The summed E-state index contributed by atoms with van der Waals surface area (Å²) < 4.78 is 0. The summed E-state index contributed by atoms with van der Waals surface area (Å²) in [5, 5.41) is 8.37. The first-order valence-electron chi connectivity index (χ1n) is 8.17. The molecule has 2 rings (SSSR count). The molecule has 0 atom stereocenters. The third-order valence-corrected chi connectivity index (χ3v) is 5.26. The fourth-order valence-corrected chi connectivity index (χ4v) is 3.57. The Labute approximate surface area is 154 Å². The normalized spacial score (nSPS) is 16.3. The molecule has 0 amide bonds. The molecule has 2 N–H and O–H groups in total. The van der Waals surface area contributed by atoms with Crippen LogP contribution < -0.4 is 10.6 Å². The van der Waals surface area contributed by atoms with E-state index in [2.05, 4.69) is 33.9 Å². The maximum atomic E-state index is 5.93. The van der Waals surface area contributed by atoms with Crippen molar-refractivity contribution in [2.75, 3.05) is 31.6 Å². The van der Waals surface area contributed by atoms with Crippen LogP contribution in [0.3, 0.4) is 0 Å².